The lowest BCUT2D eigenvalue weighted by molar-refractivity contribution is 0.872. The van der Waals surface area contributed by atoms with Gasteiger partial charge in [0.1, 0.15) is 0 Å². The highest BCUT2D eigenvalue weighted by Gasteiger charge is 2.18. The van der Waals surface area contributed by atoms with Crippen molar-refractivity contribution in [2.45, 2.75) is 19.8 Å². The molecule has 0 amide bonds. The van der Waals surface area contributed by atoms with E-state index in [9.17, 15) is 0 Å². The summed E-state index contributed by atoms with van der Waals surface area (Å²) in [4.78, 5) is 0. The standard InChI is InChI=1S/C18H18N2/c1-13(2)16-17(14-9-5-3-6-10-14)19-20-18(16)15-11-7-4-8-12-15/h3-13H,1-2H3,(H,19,20). The molecule has 2 nitrogen and oxygen atoms in total. The van der Waals surface area contributed by atoms with Crippen LogP contribution in [0.2, 0.25) is 0 Å². The Labute approximate surface area is 119 Å². The zero-order valence-electron chi connectivity index (χ0n) is 11.8. The number of H-pyrrole nitrogens is 1. The average Bonchev–Trinajstić information content (AvgIpc) is 2.94. The smallest absolute Gasteiger partial charge is 0.0961 e. The maximum absolute atomic E-state index is 4.56. The van der Waals surface area contributed by atoms with Gasteiger partial charge < -0.3 is 0 Å². The Kier molecular flexibility index (Phi) is 3.38. The second kappa shape index (κ2) is 5.33. The summed E-state index contributed by atoms with van der Waals surface area (Å²) in [6.07, 6.45) is 0. The van der Waals surface area contributed by atoms with Crippen molar-refractivity contribution in [1.29, 1.82) is 0 Å². The first-order chi connectivity index (χ1) is 9.77. The zero-order chi connectivity index (χ0) is 13.9. The van der Waals surface area contributed by atoms with Crippen LogP contribution in [0.15, 0.2) is 60.7 Å². The molecule has 0 saturated carbocycles. The Balaban J connectivity index is 2.17. The third-order valence-corrected chi connectivity index (χ3v) is 3.49. The van der Waals surface area contributed by atoms with E-state index in [4.69, 9.17) is 0 Å². The van der Waals surface area contributed by atoms with Crippen molar-refractivity contribution in [3.05, 3.63) is 66.2 Å². The largest absolute Gasteiger partial charge is 0.277 e. The molecule has 0 aliphatic carbocycles. The lowest BCUT2D eigenvalue weighted by Gasteiger charge is -2.09. The number of benzene rings is 2. The fourth-order valence-corrected chi connectivity index (χ4v) is 2.55. The second-order valence-corrected chi connectivity index (χ2v) is 5.25. The van der Waals surface area contributed by atoms with Gasteiger partial charge in [0.25, 0.3) is 0 Å². The molecule has 1 aromatic heterocycles. The minimum atomic E-state index is 0.416. The van der Waals surface area contributed by atoms with Crippen LogP contribution in [0.25, 0.3) is 22.5 Å². The van der Waals surface area contributed by atoms with E-state index < -0.39 is 0 Å². The summed E-state index contributed by atoms with van der Waals surface area (Å²) in [6, 6.07) is 20.7. The number of nitrogens with one attached hydrogen (secondary N) is 1. The highest BCUT2D eigenvalue weighted by molar-refractivity contribution is 5.74. The predicted octanol–water partition coefficient (Wildman–Crippen LogP) is 4.87. The Morgan fingerprint density at radius 3 is 1.90 bits per heavy atom. The Morgan fingerprint density at radius 1 is 0.800 bits per heavy atom. The topological polar surface area (TPSA) is 28.7 Å². The van der Waals surface area contributed by atoms with Gasteiger partial charge in [-0.15, -0.1) is 0 Å². The number of rotatable bonds is 3. The normalized spacial score (nSPS) is 10.9. The molecule has 2 aromatic carbocycles. The lowest BCUT2D eigenvalue weighted by Crippen LogP contribution is -1.92. The molecular weight excluding hydrogens is 244 g/mol. The molecule has 100 valence electrons. The van der Waals surface area contributed by atoms with Gasteiger partial charge in [-0.1, -0.05) is 74.5 Å². The van der Waals surface area contributed by atoms with Crippen molar-refractivity contribution in [2.24, 2.45) is 0 Å². The Hall–Kier alpha value is -2.35. The molecule has 1 N–H and O–H groups in total. The third-order valence-electron chi connectivity index (χ3n) is 3.49. The number of aromatic nitrogens is 2. The Morgan fingerprint density at radius 2 is 1.35 bits per heavy atom. The van der Waals surface area contributed by atoms with Gasteiger partial charge in [-0.2, -0.15) is 5.10 Å². The second-order valence-electron chi connectivity index (χ2n) is 5.25. The van der Waals surface area contributed by atoms with E-state index in [0.29, 0.717) is 5.92 Å². The summed E-state index contributed by atoms with van der Waals surface area (Å²) in [6.45, 7) is 4.42. The predicted molar refractivity (Wildman–Crippen MR) is 83.5 cm³/mol. The van der Waals surface area contributed by atoms with Crippen molar-refractivity contribution in [2.75, 3.05) is 0 Å². The van der Waals surface area contributed by atoms with Crippen LogP contribution in [0.1, 0.15) is 25.3 Å². The van der Waals surface area contributed by atoms with Crippen LogP contribution in [0.4, 0.5) is 0 Å². The number of aromatic amines is 1. The molecular formula is C18H18N2. The molecule has 0 radical (unpaired) electrons. The van der Waals surface area contributed by atoms with E-state index >= 15 is 0 Å². The van der Waals surface area contributed by atoms with Crippen LogP contribution < -0.4 is 0 Å². The maximum Gasteiger partial charge on any atom is 0.0961 e. The Bertz CT molecular complexity index is 625. The molecule has 0 aliphatic rings. The van der Waals surface area contributed by atoms with E-state index in [-0.39, 0.29) is 0 Å². The van der Waals surface area contributed by atoms with E-state index in [0.717, 1.165) is 17.0 Å². The summed E-state index contributed by atoms with van der Waals surface area (Å²) >= 11 is 0. The van der Waals surface area contributed by atoms with Crippen molar-refractivity contribution >= 4 is 0 Å². The van der Waals surface area contributed by atoms with Crippen LogP contribution in [0.3, 0.4) is 0 Å². The van der Waals surface area contributed by atoms with E-state index in [1.165, 1.54) is 11.1 Å². The van der Waals surface area contributed by atoms with Gasteiger partial charge in [-0.25, -0.2) is 0 Å². The van der Waals surface area contributed by atoms with Crippen LogP contribution in [-0.2, 0) is 0 Å². The quantitative estimate of drug-likeness (QED) is 0.717. The number of nitrogens with zero attached hydrogens (tertiary/aromatic N) is 1. The SMILES string of the molecule is CC(C)c1c(-c2ccccc2)n[nH]c1-c1ccccc1. The summed E-state index contributed by atoms with van der Waals surface area (Å²) in [7, 11) is 0. The lowest BCUT2D eigenvalue weighted by atomic mass is 9.94. The van der Waals surface area contributed by atoms with Crippen LogP contribution in [0.5, 0.6) is 0 Å². The van der Waals surface area contributed by atoms with Crippen LogP contribution >= 0.6 is 0 Å². The van der Waals surface area contributed by atoms with Gasteiger partial charge in [0.15, 0.2) is 0 Å². The molecule has 0 saturated heterocycles. The summed E-state index contributed by atoms with van der Waals surface area (Å²) in [5, 5.41) is 7.78. The zero-order valence-corrected chi connectivity index (χ0v) is 11.8. The minimum absolute atomic E-state index is 0.416. The highest BCUT2D eigenvalue weighted by atomic mass is 15.1. The molecule has 1 heterocycles. The van der Waals surface area contributed by atoms with Gasteiger partial charge in [0, 0.05) is 11.1 Å². The molecule has 0 unspecified atom stereocenters. The van der Waals surface area contributed by atoms with Gasteiger partial charge in [-0.3, -0.25) is 5.10 Å². The summed E-state index contributed by atoms with van der Waals surface area (Å²) < 4.78 is 0. The number of hydrogen-bond donors (Lipinski definition) is 1. The van der Waals surface area contributed by atoms with Gasteiger partial charge >= 0.3 is 0 Å². The molecule has 0 atom stereocenters. The molecule has 20 heavy (non-hydrogen) atoms. The van der Waals surface area contributed by atoms with Crippen LogP contribution in [-0.4, -0.2) is 10.2 Å². The molecule has 3 aromatic rings. The van der Waals surface area contributed by atoms with Gasteiger partial charge in [0.05, 0.1) is 11.4 Å². The molecule has 0 bridgehead atoms. The van der Waals surface area contributed by atoms with E-state index in [1.807, 2.05) is 12.1 Å². The fourth-order valence-electron chi connectivity index (χ4n) is 2.55. The molecule has 2 heteroatoms. The molecule has 0 aliphatic heterocycles. The first kappa shape index (κ1) is 12.7. The summed E-state index contributed by atoms with van der Waals surface area (Å²) in [5.41, 5.74) is 5.81. The van der Waals surface area contributed by atoms with Crippen molar-refractivity contribution in [3.63, 3.8) is 0 Å². The third kappa shape index (κ3) is 2.25. The van der Waals surface area contributed by atoms with Crippen molar-refractivity contribution in [1.82, 2.24) is 10.2 Å². The highest BCUT2D eigenvalue weighted by Crippen LogP contribution is 2.35. The van der Waals surface area contributed by atoms with E-state index in [1.54, 1.807) is 0 Å². The maximum atomic E-state index is 4.56. The fraction of sp³-hybridized carbons (Fsp3) is 0.167. The average molecular weight is 262 g/mol. The number of hydrogen-bond acceptors (Lipinski definition) is 1. The van der Waals surface area contributed by atoms with Gasteiger partial charge in [-0.05, 0) is 11.5 Å². The first-order valence-corrected chi connectivity index (χ1v) is 6.96. The molecule has 0 spiro atoms. The first-order valence-electron chi connectivity index (χ1n) is 6.96. The molecule has 3 rings (SSSR count). The minimum Gasteiger partial charge on any atom is -0.277 e. The monoisotopic (exact) mass is 262 g/mol. The molecule has 0 fully saturated rings. The van der Waals surface area contributed by atoms with Crippen molar-refractivity contribution in [3.8, 4) is 22.5 Å². The van der Waals surface area contributed by atoms with Crippen LogP contribution in [0, 0.1) is 0 Å². The van der Waals surface area contributed by atoms with E-state index in [2.05, 4.69) is 72.6 Å². The summed E-state index contributed by atoms with van der Waals surface area (Å²) in [5.74, 6) is 0.416. The van der Waals surface area contributed by atoms with Crippen molar-refractivity contribution < 1.29 is 0 Å². The van der Waals surface area contributed by atoms with Gasteiger partial charge in [0.2, 0.25) is 0 Å².